The largest absolute Gasteiger partial charge is 0.480 e. The van der Waals surface area contributed by atoms with Crippen molar-refractivity contribution < 1.29 is 24.3 Å². The molecule has 0 unspecified atom stereocenters. The highest BCUT2D eigenvalue weighted by Crippen LogP contribution is 2.46. The fraction of sp³-hybridized carbons (Fsp3) is 0.379. The van der Waals surface area contributed by atoms with Crippen molar-refractivity contribution in [3.05, 3.63) is 70.9 Å². The van der Waals surface area contributed by atoms with Crippen molar-refractivity contribution in [2.24, 2.45) is 5.92 Å². The number of amides is 3. The number of aliphatic carboxylic acids is 1. The average Bonchev–Trinajstić information content (AvgIpc) is 3.61. The van der Waals surface area contributed by atoms with Crippen LogP contribution < -0.4 is 5.32 Å². The van der Waals surface area contributed by atoms with Crippen molar-refractivity contribution in [1.29, 1.82) is 0 Å². The molecule has 4 atom stereocenters. The van der Waals surface area contributed by atoms with Gasteiger partial charge in [-0.2, -0.15) is 0 Å². The second-order valence-corrected chi connectivity index (χ2v) is 10.7. The Morgan fingerprint density at radius 1 is 1.05 bits per heavy atom. The zero-order valence-electron chi connectivity index (χ0n) is 21.3. The topological polar surface area (TPSA) is 123 Å². The Morgan fingerprint density at radius 3 is 2.55 bits per heavy atom. The molecule has 1 aromatic heterocycles. The molecule has 3 amide bonds. The molecule has 0 saturated carbocycles. The summed E-state index contributed by atoms with van der Waals surface area (Å²) >= 11 is 0. The van der Waals surface area contributed by atoms with Crippen LogP contribution in [0.1, 0.15) is 59.9 Å². The van der Waals surface area contributed by atoms with Crippen LogP contribution in [0, 0.1) is 5.92 Å². The molecule has 0 aliphatic carbocycles. The Balaban J connectivity index is 1.37. The van der Waals surface area contributed by atoms with Crippen molar-refractivity contribution in [3.63, 3.8) is 0 Å². The number of hydrogen-bond acceptors (Lipinski definition) is 4. The molecule has 196 valence electrons. The molecule has 3 aliphatic rings. The summed E-state index contributed by atoms with van der Waals surface area (Å²) < 4.78 is 0. The van der Waals surface area contributed by atoms with E-state index in [1.54, 1.807) is 11.0 Å². The van der Waals surface area contributed by atoms with E-state index in [2.05, 4.69) is 10.3 Å². The van der Waals surface area contributed by atoms with Gasteiger partial charge in [0.2, 0.25) is 11.8 Å². The molecule has 1 fully saturated rings. The molecular formula is C29H30N4O5. The van der Waals surface area contributed by atoms with Gasteiger partial charge in [0.15, 0.2) is 0 Å². The number of carbonyl (C=O) groups excluding carboxylic acids is 3. The van der Waals surface area contributed by atoms with E-state index >= 15 is 0 Å². The summed E-state index contributed by atoms with van der Waals surface area (Å²) in [6, 6.07) is 12.3. The van der Waals surface area contributed by atoms with Crippen LogP contribution in [0.3, 0.4) is 0 Å². The summed E-state index contributed by atoms with van der Waals surface area (Å²) in [5, 5.41) is 13.5. The normalized spacial score (nSPS) is 22.8. The van der Waals surface area contributed by atoms with Crippen LogP contribution in [0.2, 0.25) is 0 Å². The summed E-state index contributed by atoms with van der Waals surface area (Å²) in [4.78, 5) is 59.3. The third-order valence-electron chi connectivity index (χ3n) is 8.21. The van der Waals surface area contributed by atoms with E-state index in [9.17, 15) is 24.3 Å². The fourth-order valence-corrected chi connectivity index (χ4v) is 6.37. The maximum absolute atomic E-state index is 14.0. The highest BCUT2D eigenvalue weighted by Gasteiger charge is 2.49. The van der Waals surface area contributed by atoms with E-state index in [1.807, 2.05) is 56.3 Å². The molecule has 3 aliphatic heterocycles. The van der Waals surface area contributed by atoms with Crippen LogP contribution in [0.15, 0.2) is 48.5 Å². The van der Waals surface area contributed by atoms with E-state index in [-0.39, 0.29) is 11.8 Å². The van der Waals surface area contributed by atoms with Crippen molar-refractivity contribution in [2.45, 2.75) is 57.3 Å². The van der Waals surface area contributed by atoms with Gasteiger partial charge >= 0.3 is 5.97 Å². The fourth-order valence-electron chi connectivity index (χ4n) is 6.37. The number of para-hydroxylation sites is 1. The SMILES string of the molecule is CC(C)[C@H](NC(=O)[C@@H]1Cc2c([nH]c3ccccc23)[C@H]2c3ccccc3C(=O)N21)C(=O)N1CCC[C@H]1C(=O)O. The third-order valence-corrected chi connectivity index (χ3v) is 8.21. The number of nitrogens with zero attached hydrogens (tertiary/aromatic N) is 2. The lowest BCUT2D eigenvalue weighted by atomic mass is 9.89. The standard InChI is InChI=1S/C29H30N4O5/c1-15(2)23(28(36)32-13-7-12-21(32)29(37)38)31-26(34)22-14-19-16-8-5-6-11-20(16)30-24(19)25-17-9-3-4-10-18(17)27(35)33(22)25/h3-6,8-11,15,21-23,25,30H,7,12-14H2,1-2H3,(H,31,34)(H,37,38)/t21-,22-,23-,25+/m0/s1. The van der Waals surface area contributed by atoms with Crippen molar-refractivity contribution in [3.8, 4) is 0 Å². The number of aromatic nitrogens is 1. The number of rotatable bonds is 5. The third kappa shape index (κ3) is 3.60. The molecule has 9 heteroatoms. The molecule has 3 N–H and O–H groups in total. The maximum atomic E-state index is 14.0. The molecule has 3 aromatic rings. The van der Waals surface area contributed by atoms with Gasteiger partial charge in [-0.05, 0) is 42.0 Å². The second kappa shape index (κ2) is 9.01. The van der Waals surface area contributed by atoms with Crippen LogP contribution in [0.25, 0.3) is 10.9 Å². The summed E-state index contributed by atoms with van der Waals surface area (Å²) in [6.07, 6.45) is 1.31. The van der Waals surface area contributed by atoms with Crippen LogP contribution in [-0.4, -0.2) is 68.3 Å². The van der Waals surface area contributed by atoms with E-state index in [1.165, 1.54) is 4.90 Å². The Hall–Kier alpha value is -4.14. The van der Waals surface area contributed by atoms with Gasteiger partial charge in [0.1, 0.15) is 18.1 Å². The smallest absolute Gasteiger partial charge is 0.326 e. The summed E-state index contributed by atoms with van der Waals surface area (Å²) in [6.45, 7) is 4.00. The lowest BCUT2D eigenvalue weighted by Gasteiger charge is -2.38. The monoisotopic (exact) mass is 514 g/mol. The molecule has 38 heavy (non-hydrogen) atoms. The minimum absolute atomic E-state index is 0.215. The van der Waals surface area contributed by atoms with Crippen molar-refractivity contribution >= 4 is 34.6 Å². The molecule has 0 radical (unpaired) electrons. The summed E-state index contributed by atoms with van der Waals surface area (Å²) in [7, 11) is 0. The Bertz CT molecular complexity index is 1480. The van der Waals surface area contributed by atoms with Crippen LogP contribution in [0.5, 0.6) is 0 Å². The highest BCUT2D eigenvalue weighted by molar-refractivity contribution is 6.04. The minimum atomic E-state index is -1.04. The number of benzene rings is 2. The average molecular weight is 515 g/mol. The van der Waals surface area contributed by atoms with Gasteiger partial charge in [0.25, 0.3) is 5.91 Å². The molecule has 2 aromatic carbocycles. The number of carboxylic acid groups (broad SMARTS) is 1. The van der Waals surface area contributed by atoms with Crippen LogP contribution in [0.4, 0.5) is 0 Å². The van der Waals surface area contributed by atoms with Gasteiger partial charge in [0.05, 0.1) is 6.04 Å². The molecule has 4 heterocycles. The van der Waals surface area contributed by atoms with E-state index in [0.29, 0.717) is 31.4 Å². The van der Waals surface area contributed by atoms with Gasteiger partial charge in [-0.15, -0.1) is 0 Å². The number of carbonyl (C=O) groups is 4. The first kappa shape index (κ1) is 24.2. The molecule has 0 spiro atoms. The second-order valence-electron chi connectivity index (χ2n) is 10.7. The van der Waals surface area contributed by atoms with Crippen LogP contribution >= 0.6 is 0 Å². The predicted molar refractivity (Wildman–Crippen MR) is 139 cm³/mol. The minimum Gasteiger partial charge on any atom is -0.480 e. The first-order valence-electron chi connectivity index (χ1n) is 13.1. The van der Waals surface area contributed by atoms with Gasteiger partial charge in [0, 0.05) is 35.1 Å². The number of H-pyrrole nitrogens is 1. The highest BCUT2D eigenvalue weighted by atomic mass is 16.4. The lowest BCUT2D eigenvalue weighted by Crippen LogP contribution is -2.59. The molecular weight excluding hydrogens is 484 g/mol. The number of aromatic amines is 1. The Kier molecular flexibility index (Phi) is 5.74. The first-order valence-corrected chi connectivity index (χ1v) is 13.1. The predicted octanol–water partition coefficient (Wildman–Crippen LogP) is 2.85. The van der Waals surface area contributed by atoms with Gasteiger partial charge in [-0.3, -0.25) is 14.4 Å². The van der Waals surface area contributed by atoms with E-state index in [4.69, 9.17) is 0 Å². The molecule has 0 bridgehead atoms. The number of likely N-dealkylation sites (tertiary alicyclic amines) is 1. The number of carboxylic acids is 1. The molecule has 1 saturated heterocycles. The number of hydrogen-bond donors (Lipinski definition) is 3. The summed E-state index contributed by atoms with van der Waals surface area (Å²) in [5.74, 6) is -2.32. The number of fused-ring (bicyclic) bond motifs is 7. The number of nitrogens with one attached hydrogen (secondary N) is 2. The zero-order valence-corrected chi connectivity index (χ0v) is 21.3. The zero-order chi connectivity index (χ0) is 26.7. The van der Waals surface area contributed by atoms with Gasteiger partial charge in [-0.1, -0.05) is 50.2 Å². The first-order chi connectivity index (χ1) is 18.3. The van der Waals surface area contributed by atoms with Gasteiger partial charge < -0.3 is 25.2 Å². The van der Waals surface area contributed by atoms with Crippen LogP contribution in [-0.2, 0) is 20.8 Å². The molecule has 9 nitrogen and oxygen atoms in total. The van der Waals surface area contributed by atoms with Gasteiger partial charge in [-0.25, -0.2) is 4.79 Å². The molecule has 6 rings (SSSR count). The van der Waals surface area contributed by atoms with E-state index in [0.717, 1.165) is 27.7 Å². The van der Waals surface area contributed by atoms with Crippen molar-refractivity contribution in [2.75, 3.05) is 6.54 Å². The lowest BCUT2D eigenvalue weighted by molar-refractivity contribution is -0.150. The summed E-state index contributed by atoms with van der Waals surface area (Å²) in [5.41, 5.74) is 4.26. The maximum Gasteiger partial charge on any atom is 0.326 e. The Morgan fingerprint density at radius 2 is 1.79 bits per heavy atom. The van der Waals surface area contributed by atoms with Crippen molar-refractivity contribution in [1.82, 2.24) is 20.1 Å². The van der Waals surface area contributed by atoms with E-state index < -0.39 is 42.0 Å². The Labute approximate surface area is 219 Å². The quantitative estimate of drug-likeness (QED) is 0.483.